The van der Waals surface area contributed by atoms with Crippen LogP contribution < -0.4 is 5.32 Å². The van der Waals surface area contributed by atoms with E-state index in [-0.39, 0.29) is 23.6 Å². The van der Waals surface area contributed by atoms with E-state index in [1.165, 1.54) is 0 Å². The Kier molecular flexibility index (Phi) is 4.99. The molecule has 2 aromatic carbocycles. The quantitative estimate of drug-likeness (QED) is 0.877. The van der Waals surface area contributed by atoms with Crippen LogP contribution in [0.2, 0.25) is 0 Å². The lowest BCUT2D eigenvalue weighted by atomic mass is 9.96. The van der Waals surface area contributed by atoms with Crippen LogP contribution in [0.15, 0.2) is 54.6 Å². The molecular weight excluding hydrogens is 262 g/mol. The van der Waals surface area contributed by atoms with E-state index in [1.807, 2.05) is 56.3 Å². The number of phenols is 1. The maximum absolute atomic E-state index is 12.1. The Morgan fingerprint density at radius 1 is 1.05 bits per heavy atom. The van der Waals surface area contributed by atoms with Gasteiger partial charge in [-0.1, -0.05) is 55.5 Å². The predicted molar refractivity (Wildman–Crippen MR) is 84.1 cm³/mol. The van der Waals surface area contributed by atoms with Gasteiger partial charge in [-0.2, -0.15) is 0 Å². The zero-order chi connectivity index (χ0) is 15.2. The van der Waals surface area contributed by atoms with Crippen molar-refractivity contribution in [2.75, 3.05) is 0 Å². The number of phenolic OH excluding ortho intramolecular Hbond substituents is 1. The number of aromatic hydroxyl groups is 1. The van der Waals surface area contributed by atoms with Gasteiger partial charge in [-0.15, -0.1) is 0 Å². The molecule has 2 rings (SSSR count). The van der Waals surface area contributed by atoms with Crippen molar-refractivity contribution < 1.29 is 9.90 Å². The van der Waals surface area contributed by atoms with E-state index in [0.29, 0.717) is 6.42 Å². The van der Waals surface area contributed by atoms with E-state index in [4.69, 9.17) is 0 Å². The van der Waals surface area contributed by atoms with Crippen LogP contribution in [0, 0.1) is 0 Å². The van der Waals surface area contributed by atoms with Gasteiger partial charge in [-0.3, -0.25) is 4.79 Å². The molecule has 0 aliphatic rings. The molecule has 2 N–H and O–H groups in total. The average Bonchev–Trinajstić information content (AvgIpc) is 2.48. The number of amides is 1. The molecule has 2 atom stereocenters. The zero-order valence-corrected chi connectivity index (χ0v) is 12.4. The van der Waals surface area contributed by atoms with Crippen molar-refractivity contribution >= 4 is 5.91 Å². The highest BCUT2D eigenvalue weighted by atomic mass is 16.3. The minimum Gasteiger partial charge on any atom is -0.508 e. The van der Waals surface area contributed by atoms with Crippen molar-refractivity contribution in [1.29, 1.82) is 0 Å². The number of para-hydroxylation sites is 1. The average molecular weight is 283 g/mol. The summed E-state index contributed by atoms with van der Waals surface area (Å²) in [4.78, 5) is 12.1. The van der Waals surface area contributed by atoms with Crippen LogP contribution in [-0.4, -0.2) is 11.0 Å². The van der Waals surface area contributed by atoms with Crippen molar-refractivity contribution in [3.8, 4) is 5.75 Å². The zero-order valence-electron chi connectivity index (χ0n) is 12.4. The molecule has 0 aliphatic heterocycles. The van der Waals surface area contributed by atoms with Crippen LogP contribution in [0.3, 0.4) is 0 Å². The number of rotatable bonds is 5. The van der Waals surface area contributed by atoms with Gasteiger partial charge in [0, 0.05) is 6.42 Å². The molecule has 1 amide bonds. The Morgan fingerprint density at radius 3 is 2.33 bits per heavy atom. The summed E-state index contributed by atoms with van der Waals surface area (Å²) in [6, 6.07) is 17.0. The first kappa shape index (κ1) is 15.1. The predicted octanol–water partition coefficient (Wildman–Crippen LogP) is 3.76. The highest BCUT2D eigenvalue weighted by Crippen LogP contribution is 2.27. The second-order valence-electron chi connectivity index (χ2n) is 5.36. The van der Waals surface area contributed by atoms with E-state index >= 15 is 0 Å². The van der Waals surface area contributed by atoms with Crippen LogP contribution >= 0.6 is 0 Å². The number of benzene rings is 2. The summed E-state index contributed by atoms with van der Waals surface area (Å²) in [6.45, 7) is 3.92. The van der Waals surface area contributed by atoms with Gasteiger partial charge >= 0.3 is 0 Å². The van der Waals surface area contributed by atoms with Crippen LogP contribution in [0.25, 0.3) is 0 Å². The van der Waals surface area contributed by atoms with Gasteiger partial charge in [0.2, 0.25) is 5.91 Å². The maximum Gasteiger partial charge on any atom is 0.221 e. The summed E-state index contributed by atoms with van der Waals surface area (Å²) in [5.74, 6) is 0.213. The first-order chi connectivity index (χ1) is 10.1. The fourth-order valence-electron chi connectivity index (χ4n) is 2.42. The summed E-state index contributed by atoms with van der Waals surface area (Å²) in [5.41, 5.74) is 1.89. The van der Waals surface area contributed by atoms with E-state index in [0.717, 1.165) is 11.1 Å². The molecule has 0 spiro atoms. The third-order valence-corrected chi connectivity index (χ3v) is 3.64. The molecule has 0 heterocycles. The lowest BCUT2D eigenvalue weighted by Gasteiger charge is -2.17. The first-order valence-corrected chi connectivity index (χ1v) is 7.20. The molecule has 0 aliphatic carbocycles. The largest absolute Gasteiger partial charge is 0.508 e. The Morgan fingerprint density at radius 2 is 1.67 bits per heavy atom. The second-order valence-corrected chi connectivity index (χ2v) is 5.36. The minimum atomic E-state index is -0.0193. The summed E-state index contributed by atoms with van der Waals surface area (Å²) >= 11 is 0. The van der Waals surface area contributed by atoms with Crippen LogP contribution in [0.1, 0.15) is 43.4 Å². The van der Waals surface area contributed by atoms with Crippen molar-refractivity contribution in [3.05, 3.63) is 65.7 Å². The van der Waals surface area contributed by atoms with Gasteiger partial charge in [0.1, 0.15) is 5.75 Å². The molecule has 0 radical (unpaired) electrons. The molecular formula is C18H21NO2. The van der Waals surface area contributed by atoms with Crippen molar-refractivity contribution in [3.63, 3.8) is 0 Å². The number of carbonyl (C=O) groups is 1. The van der Waals surface area contributed by atoms with Crippen LogP contribution in [0.4, 0.5) is 0 Å². The summed E-state index contributed by atoms with van der Waals surface area (Å²) in [5, 5.41) is 12.8. The fraction of sp³-hybridized carbons (Fsp3) is 0.278. The molecule has 3 heteroatoms. The fourth-order valence-corrected chi connectivity index (χ4v) is 2.42. The van der Waals surface area contributed by atoms with Crippen molar-refractivity contribution in [2.24, 2.45) is 0 Å². The van der Waals surface area contributed by atoms with E-state index < -0.39 is 0 Å². The molecule has 0 saturated heterocycles. The lowest BCUT2D eigenvalue weighted by Crippen LogP contribution is -2.27. The van der Waals surface area contributed by atoms with Gasteiger partial charge in [-0.05, 0) is 30.0 Å². The molecule has 0 fully saturated rings. The van der Waals surface area contributed by atoms with E-state index in [9.17, 15) is 9.90 Å². The Hall–Kier alpha value is -2.29. The topological polar surface area (TPSA) is 49.3 Å². The number of hydrogen-bond acceptors (Lipinski definition) is 2. The summed E-state index contributed by atoms with van der Waals surface area (Å²) in [7, 11) is 0. The van der Waals surface area contributed by atoms with Crippen molar-refractivity contribution in [1.82, 2.24) is 5.32 Å². The summed E-state index contributed by atoms with van der Waals surface area (Å²) < 4.78 is 0. The van der Waals surface area contributed by atoms with E-state index in [1.54, 1.807) is 12.1 Å². The molecule has 21 heavy (non-hydrogen) atoms. The van der Waals surface area contributed by atoms with Gasteiger partial charge in [0.05, 0.1) is 6.04 Å². The molecule has 110 valence electrons. The van der Waals surface area contributed by atoms with Crippen molar-refractivity contribution in [2.45, 2.75) is 32.2 Å². The lowest BCUT2D eigenvalue weighted by molar-refractivity contribution is -0.122. The molecule has 0 saturated carbocycles. The Bertz CT molecular complexity index is 595. The number of carbonyl (C=O) groups excluding carboxylic acids is 1. The van der Waals surface area contributed by atoms with E-state index in [2.05, 4.69) is 5.32 Å². The van der Waals surface area contributed by atoms with Gasteiger partial charge in [-0.25, -0.2) is 0 Å². The highest BCUT2D eigenvalue weighted by molar-refractivity contribution is 5.77. The summed E-state index contributed by atoms with van der Waals surface area (Å²) in [6.07, 6.45) is 0.356. The second kappa shape index (κ2) is 6.93. The molecule has 0 aromatic heterocycles. The minimum absolute atomic E-state index is 0.0119. The third kappa shape index (κ3) is 4.09. The Labute approximate surface area is 125 Å². The normalized spacial score (nSPS) is 13.4. The van der Waals surface area contributed by atoms with Crippen LogP contribution in [-0.2, 0) is 4.79 Å². The monoisotopic (exact) mass is 283 g/mol. The molecule has 2 aromatic rings. The smallest absolute Gasteiger partial charge is 0.221 e. The van der Waals surface area contributed by atoms with Gasteiger partial charge in [0.15, 0.2) is 0 Å². The van der Waals surface area contributed by atoms with Gasteiger partial charge in [0.25, 0.3) is 0 Å². The molecule has 1 unspecified atom stereocenters. The Balaban J connectivity index is 1.94. The molecule has 3 nitrogen and oxygen atoms in total. The first-order valence-electron chi connectivity index (χ1n) is 7.20. The number of hydrogen-bond donors (Lipinski definition) is 2. The maximum atomic E-state index is 12.1. The third-order valence-electron chi connectivity index (χ3n) is 3.64. The number of nitrogens with one attached hydrogen (secondary N) is 1. The standard InChI is InChI=1S/C18H21NO2/c1-13(16-10-6-7-11-17(16)20)12-18(21)19-14(2)15-8-4-3-5-9-15/h3-11,13-14,20H,12H2,1-2H3,(H,19,21)/t13?,14-/m0/s1. The molecule has 0 bridgehead atoms. The van der Waals surface area contributed by atoms with Gasteiger partial charge < -0.3 is 10.4 Å². The highest BCUT2D eigenvalue weighted by Gasteiger charge is 2.16. The SMILES string of the molecule is CC(CC(=O)N[C@@H](C)c1ccccc1)c1ccccc1O. The van der Waals surface area contributed by atoms with Crippen LogP contribution in [0.5, 0.6) is 5.75 Å².